The maximum atomic E-state index is 13.6. The van der Waals surface area contributed by atoms with Crippen LogP contribution in [-0.4, -0.2) is 17.0 Å². The van der Waals surface area contributed by atoms with Crippen LogP contribution in [0, 0.1) is 0 Å². The Hall–Kier alpha value is -0.740. The van der Waals surface area contributed by atoms with Gasteiger partial charge in [0.1, 0.15) is 0 Å². The van der Waals surface area contributed by atoms with Crippen LogP contribution in [0.15, 0.2) is 35.2 Å². The molecule has 15 heavy (non-hydrogen) atoms. The lowest BCUT2D eigenvalue weighted by atomic mass is 10.4. The Kier molecular flexibility index (Phi) is 4.42. The zero-order valence-corrected chi connectivity index (χ0v) is 9.65. The molecule has 82 valence electrons. The minimum absolute atomic E-state index is 0.104. The Morgan fingerprint density at radius 2 is 2.13 bits per heavy atom. The molecule has 0 saturated heterocycles. The molecule has 0 spiro atoms. The highest BCUT2D eigenvalue weighted by Crippen LogP contribution is 2.38. The van der Waals surface area contributed by atoms with E-state index in [4.69, 9.17) is 11.6 Å². The van der Waals surface area contributed by atoms with Gasteiger partial charge in [-0.2, -0.15) is 0 Å². The van der Waals surface area contributed by atoms with Gasteiger partial charge >= 0.3 is 10.4 Å². The summed E-state index contributed by atoms with van der Waals surface area (Å²) in [5.41, 5.74) is 0. The van der Waals surface area contributed by atoms with Gasteiger partial charge in [-0.25, -0.2) is 9.18 Å². The van der Waals surface area contributed by atoms with Crippen molar-refractivity contribution < 1.29 is 13.9 Å². The van der Waals surface area contributed by atoms with Crippen LogP contribution in [0.1, 0.15) is 6.92 Å². The van der Waals surface area contributed by atoms with Crippen molar-refractivity contribution in [2.75, 3.05) is 6.61 Å². The van der Waals surface area contributed by atoms with Crippen molar-refractivity contribution in [3.63, 3.8) is 0 Å². The number of halogens is 2. The summed E-state index contributed by atoms with van der Waals surface area (Å²) in [4.78, 5) is 11.7. The standard InChI is InChI=1S/C10H10ClFO2S/c1-2-14-9(13)10(11,12)15-8-6-4-3-5-7-8/h3-7H,2H2,1H3. The third kappa shape index (κ3) is 3.72. The normalized spacial score (nSPS) is 14.3. The molecule has 0 N–H and O–H groups in total. The second-order valence-electron chi connectivity index (χ2n) is 2.65. The molecule has 0 heterocycles. The largest absolute Gasteiger partial charge is 0.462 e. The van der Waals surface area contributed by atoms with Crippen LogP contribution in [0.3, 0.4) is 0 Å². The van der Waals surface area contributed by atoms with E-state index in [1.807, 2.05) is 0 Å². The van der Waals surface area contributed by atoms with Gasteiger partial charge < -0.3 is 4.74 Å². The first-order valence-corrected chi connectivity index (χ1v) is 5.55. The molecule has 1 aromatic rings. The summed E-state index contributed by atoms with van der Waals surface area (Å²) in [7, 11) is 0. The zero-order valence-electron chi connectivity index (χ0n) is 8.07. The predicted molar refractivity (Wildman–Crippen MR) is 58.6 cm³/mol. The molecule has 0 aliphatic rings. The van der Waals surface area contributed by atoms with Gasteiger partial charge in [0.2, 0.25) is 0 Å². The van der Waals surface area contributed by atoms with Crippen LogP contribution in [0.25, 0.3) is 0 Å². The van der Waals surface area contributed by atoms with Crippen LogP contribution in [0.5, 0.6) is 0 Å². The molecule has 2 nitrogen and oxygen atoms in total. The first kappa shape index (κ1) is 12.3. The fraction of sp³-hybridized carbons (Fsp3) is 0.300. The summed E-state index contributed by atoms with van der Waals surface area (Å²) >= 11 is 6.04. The Balaban J connectivity index is 2.68. The van der Waals surface area contributed by atoms with Crippen LogP contribution in [0.4, 0.5) is 4.39 Å². The lowest BCUT2D eigenvalue weighted by molar-refractivity contribution is -0.147. The molecule has 5 heteroatoms. The van der Waals surface area contributed by atoms with Gasteiger partial charge in [0, 0.05) is 4.90 Å². The van der Waals surface area contributed by atoms with E-state index in [0.29, 0.717) is 16.7 Å². The minimum Gasteiger partial charge on any atom is -0.462 e. The van der Waals surface area contributed by atoms with Gasteiger partial charge in [-0.05, 0) is 19.1 Å². The molecule has 1 atom stereocenters. The fourth-order valence-electron chi connectivity index (χ4n) is 0.893. The molecule has 1 unspecified atom stereocenters. The third-order valence-electron chi connectivity index (χ3n) is 1.50. The average Bonchev–Trinajstić information content (AvgIpc) is 2.19. The third-order valence-corrected chi connectivity index (χ3v) is 2.82. The topological polar surface area (TPSA) is 26.3 Å². The summed E-state index contributed by atoms with van der Waals surface area (Å²) in [5, 5.41) is 0. The summed E-state index contributed by atoms with van der Waals surface area (Å²) < 4.78 is 15.6. The molecule has 0 bridgehead atoms. The molecular formula is C10H10ClFO2S. The highest BCUT2D eigenvalue weighted by molar-refractivity contribution is 8.02. The Bertz CT molecular complexity index is 329. The first-order chi connectivity index (χ1) is 7.06. The van der Waals surface area contributed by atoms with Crippen LogP contribution in [0.2, 0.25) is 0 Å². The van der Waals surface area contributed by atoms with Crippen molar-refractivity contribution in [2.24, 2.45) is 0 Å². The number of carbonyl (C=O) groups is 1. The lowest BCUT2D eigenvalue weighted by Gasteiger charge is -2.14. The Morgan fingerprint density at radius 1 is 1.53 bits per heavy atom. The van der Waals surface area contributed by atoms with Crippen molar-refractivity contribution >= 4 is 29.3 Å². The van der Waals surface area contributed by atoms with Crippen molar-refractivity contribution in [3.05, 3.63) is 30.3 Å². The van der Waals surface area contributed by atoms with Gasteiger partial charge in [-0.1, -0.05) is 41.6 Å². The second kappa shape index (κ2) is 5.37. The van der Waals surface area contributed by atoms with E-state index in [9.17, 15) is 9.18 Å². The molecule has 0 saturated carbocycles. The first-order valence-electron chi connectivity index (χ1n) is 4.35. The van der Waals surface area contributed by atoms with E-state index < -0.39 is 10.4 Å². The minimum atomic E-state index is -2.56. The van der Waals surface area contributed by atoms with E-state index in [1.54, 1.807) is 37.3 Å². The highest BCUT2D eigenvalue weighted by atomic mass is 35.5. The zero-order chi connectivity index (χ0) is 11.3. The Morgan fingerprint density at radius 3 is 2.67 bits per heavy atom. The van der Waals surface area contributed by atoms with Crippen molar-refractivity contribution in [3.8, 4) is 0 Å². The van der Waals surface area contributed by atoms with E-state index >= 15 is 0 Å². The molecule has 0 aromatic heterocycles. The summed E-state index contributed by atoms with van der Waals surface area (Å²) in [6, 6.07) is 8.60. The molecule has 0 aliphatic heterocycles. The molecule has 1 rings (SSSR count). The number of hydrogen-bond acceptors (Lipinski definition) is 3. The highest BCUT2D eigenvalue weighted by Gasteiger charge is 2.39. The number of esters is 1. The van der Waals surface area contributed by atoms with E-state index in [2.05, 4.69) is 4.74 Å². The Labute approximate surface area is 96.8 Å². The summed E-state index contributed by atoms with van der Waals surface area (Å²) in [5.74, 6) is -1.07. The average molecular weight is 249 g/mol. The number of carbonyl (C=O) groups excluding carboxylic acids is 1. The molecular weight excluding hydrogens is 239 g/mol. The number of ether oxygens (including phenoxy) is 1. The lowest BCUT2D eigenvalue weighted by Crippen LogP contribution is -2.25. The van der Waals surface area contributed by atoms with Crippen molar-refractivity contribution in [2.45, 2.75) is 16.3 Å². The number of alkyl halides is 2. The van der Waals surface area contributed by atoms with Crippen LogP contribution >= 0.6 is 23.4 Å². The molecule has 0 radical (unpaired) electrons. The van der Waals surface area contributed by atoms with Gasteiger partial charge in [-0.3, -0.25) is 0 Å². The van der Waals surface area contributed by atoms with Crippen LogP contribution < -0.4 is 0 Å². The van der Waals surface area contributed by atoms with Gasteiger partial charge in [0.05, 0.1) is 6.61 Å². The second-order valence-corrected chi connectivity index (χ2v) is 4.64. The quantitative estimate of drug-likeness (QED) is 0.465. The summed E-state index contributed by atoms with van der Waals surface area (Å²) in [6.45, 7) is 1.70. The molecule has 0 aliphatic carbocycles. The maximum absolute atomic E-state index is 13.6. The number of thioether (sulfide) groups is 1. The molecule has 1 aromatic carbocycles. The maximum Gasteiger partial charge on any atom is 0.371 e. The van der Waals surface area contributed by atoms with Gasteiger partial charge in [0.15, 0.2) is 0 Å². The van der Waals surface area contributed by atoms with Crippen LogP contribution in [-0.2, 0) is 9.53 Å². The number of hydrogen-bond donors (Lipinski definition) is 0. The van der Waals surface area contributed by atoms with E-state index in [-0.39, 0.29) is 6.61 Å². The molecule has 0 fully saturated rings. The van der Waals surface area contributed by atoms with E-state index in [0.717, 1.165) is 0 Å². The van der Waals surface area contributed by atoms with Gasteiger partial charge in [-0.15, -0.1) is 0 Å². The van der Waals surface area contributed by atoms with Crippen molar-refractivity contribution in [1.82, 2.24) is 0 Å². The fourth-order valence-corrected chi connectivity index (χ4v) is 1.95. The SMILES string of the molecule is CCOC(=O)C(F)(Cl)Sc1ccccc1. The monoisotopic (exact) mass is 248 g/mol. The van der Waals surface area contributed by atoms with Crippen molar-refractivity contribution in [1.29, 1.82) is 0 Å². The number of rotatable bonds is 4. The number of benzene rings is 1. The summed E-state index contributed by atoms with van der Waals surface area (Å²) in [6.07, 6.45) is 0. The van der Waals surface area contributed by atoms with Gasteiger partial charge in [0.25, 0.3) is 0 Å². The smallest absolute Gasteiger partial charge is 0.371 e. The predicted octanol–water partition coefficient (Wildman–Crippen LogP) is 3.20. The van der Waals surface area contributed by atoms with E-state index in [1.165, 1.54) is 0 Å². The molecule has 0 amide bonds.